The van der Waals surface area contributed by atoms with Gasteiger partial charge in [0.15, 0.2) is 0 Å². The van der Waals surface area contributed by atoms with E-state index in [9.17, 15) is 4.79 Å². The second-order valence-electron chi connectivity index (χ2n) is 6.05. The largest absolute Gasteiger partial charge is 0.312 e. The second-order valence-corrected chi connectivity index (χ2v) is 6.91. The summed E-state index contributed by atoms with van der Waals surface area (Å²) in [6.45, 7) is 2.94. The van der Waals surface area contributed by atoms with Crippen LogP contribution in [-0.2, 0) is 4.79 Å². The van der Waals surface area contributed by atoms with E-state index in [-0.39, 0.29) is 5.91 Å². The van der Waals surface area contributed by atoms with Crippen molar-refractivity contribution in [1.29, 1.82) is 0 Å². The summed E-state index contributed by atoms with van der Waals surface area (Å²) in [6.07, 6.45) is 1.61. The van der Waals surface area contributed by atoms with Crippen LogP contribution in [0.4, 0.5) is 5.69 Å². The molecule has 2 aromatic carbocycles. The fourth-order valence-corrected chi connectivity index (χ4v) is 4.00. The number of anilines is 1. The molecule has 1 aliphatic heterocycles. The van der Waals surface area contributed by atoms with E-state index in [1.807, 2.05) is 29.2 Å². The van der Waals surface area contributed by atoms with E-state index in [1.54, 1.807) is 11.3 Å². The normalized spacial score (nSPS) is 14.4. The van der Waals surface area contributed by atoms with Gasteiger partial charge in [0.05, 0.1) is 5.69 Å². The lowest BCUT2D eigenvalue weighted by molar-refractivity contribution is -0.117. The molecule has 2 heterocycles. The third-order valence-electron chi connectivity index (χ3n) is 4.43. The van der Waals surface area contributed by atoms with Crippen molar-refractivity contribution in [2.45, 2.75) is 19.8 Å². The van der Waals surface area contributed by atoms with Gasteiger partial charge in [0.1, 0.15) is 5.01 Å². The van der Waals surface area contributed by atoms with Gasteiger partial charge < -0.3 is 4.90 Å². The van der Waals surface area contributed by atoms with Crippen molar-refractivity contribution in [3.8, 4) is 21.8 Å². The van der Waals surface area contributed by atoms with Crippen LogP contribution in [-0.4, -0.2) is 17.4 Å². The molecule has 1 fully saturated rings. The summed E-state index contributed by atoms with van der Waals surface area (Å²) in [5.74, 6) is 0.221. The van der Waals surface area contributed by atoms with Crippen LogP contribution in [0, 0.1) is 6.92 Å². The minimum Gasteiger partial charge on any atom is -0.312 e. The first kappa shape index (κ1) is 15.1. The number of thiazole rings is 1. The third-order valence-corrected chi connectivity index (χ3v) is 5.30. The second kappa shape index (κ2) is 6.21. The summed E-state index contributed by atoms with van der Waals surface area (Å²) in [5, 5.41) is 3.14. The third kappa shape index (κ3) is 2.74. The van der Waals surface area contributed by atoms with Gasteiger partial charge in [-0.3, -0.25) is 4.79 Å². The van der Waals surface area contributed by atoms with Crippen LogP contribution in [0.15, 0.2) is 53.9 Å². The zero-order valence-electron chi connectivity index (χ0n) is 13.5. The predicted octanol–water partition coefficient (Wildman–Crippen LogP) is 4.91. The van der Waals surface area contributed by atoms with Gasteiger partial charge in [0, 0.05) is 35.2 Å². The Balaban J connectivity index is 1.61. The Labute approximate surface area is 145 Å². The molecule has 0 N–H and O–H groups in total. The minimum absolute atomic E-state index is 0.221. The number of hydrogen-bond donors (Lipinski definition) is 0. The Hall–Kier alpha value is -2.46. The summed E-state index contributed by atoms with van der Waals surface area (Å²) in [4.78, 5) is 18.5. The molecule has 4 rings (SSSR count). The minimum atomic E-state index is 0.221. The summed E-state index contributed by atoms with van der Waals surface area (Å²) >= 11 is 1.67. The molecule has 0 radical (unpaired) electrons. The van der Waals surface area contributed by atoms with E-state index in [2.05, 4.69) is 36.6 Å². The Morgan fingerprint density at radius 2 is 1.88 bits per heavy atom. The first-order valence-electron chi connectivity index (χ1n) is 8.15. The van der Waals surface area contributed by atoms with Crippen LogP contribution >= 0.6 is 11.3 Å². The highest BCUT2D eigenvalue weighted by atomic mass is 32.1. The predicted molar refractivity (Wildman–Crippen MR) is 99.3 cm³/mol. The molecule has 0 unspecified atom stereocenters. The molecule has 3 nitrogen and oxygen atoms in total. The highest BCUT2D eigenvalue weighted by molar-refractivity contribution is 7.13. The molecule has 1 saturated heterocycles. The van der Waals surface area contributed by atoms with Crippen molar-refractivity contribution in [3.63, 3.8) is 0 Å². The SMILES string of the molecule is Cc1ccccc1-c1nc(-c2ccc(N3CCCC3=O)cc2)cs1. The number of rotatable bonds is 3. The van der Waals surface area contributed by atoms with Crippen molar-refractivity contribution >= 4 is 22.9 Å². The monoisotopic (exact) mass is 334 g/mol. The van der Waals surface area contributed by atoms with E-state index < -0.39 is 0 Å². The average molecular weight is 334 g/mol. The zero-order chi connectivity index (χ0) is 16.5. The van der Waals surface area contributed by atoms with Gasteiger partial charge in [-0.2, -0.15) is 0 Å². The fraction of sp³-hybridized carbons (Fsp3) is 0.200. The lowest BCUT2D eigenvalue weighted by atomic mass is 10.1. The molecule has 0 spiro atoms. The lowest BCUT2D eigenvalue weighted by Crippen LogP contribution is -2.23. The Morgan fingerprint density at radius 1 is 1.08 bits per heavy atom. The molecular formula is C20H18N2OS. The van der Waals surface area contributed by atoms with E-state index in [1.165, 1.54) is 11.1 Å². The Bertz CT molecular complexity index is 883. The molecule has 3 aromatic rings. The maximum absolute atomic E-state index is 11.8. The van der Waals surface area contributed by atoms with Gasteiger partial charge in [-0.05, 0) is 31.0 Å². The molecule has 1 amide bonds. The van der Waals surface area contributed by atoms with Gasteiger partial charge in [-0.15, -0.1) is 11.3 Å². The topological polar surface area (TPSA) is 33.2 Å². The van der Waals surface area contributed by atoms with E-state index in [0.29, 0.717) is 6.42 Å². The van der Waals surface area contributed by atoms with Crippen molar-refractivity contribution in [1.82, 2.24) is 4.98 Å². The molecule has 0 saturated carbocycles. The molecule has 0 bridgehead atoms. The molecule has 4 heteroatoms. The van der Waals surface area contributed by atoms with Crippen LogP contribution in [0.2, 0.25) is 0 Å². The first-order chi connectivity index (χ1) is 11.7. The molecule has 24 heavy (non-hydrogen) atoms. The van der Waals surface area contributed by atoms with E-state index in [4.69, 9.17) is 4.98 Å². The summed E-state index contributed by atoms with van der Waals surface area (Å²) in [5.41, 5.74) is 5.48. The number of hydrogen-bond acceptors (Lipinski definition) is 3. The van der Waals surface area contributed by atoms with Gasteiger partial charge in [0.25, 0.3) is 0 Å². The number of carbonyl (C=O) groups is 1. The molecule has 0 aliphatic carbocycles. The van der Waals surface area contributed by atoms with Crippen molar-refractivity contribution < 1.29 is 4.79 Å². The summed E-state index contributed by atoms with van der Waals surface area (Å²) in [6, 6.07) is 16.5. The molecular weight excluding hydrogens is 316 g/mol. The van der Waals surface area contributed by atoms with E-state index >= 15 is 0 Å². The van der Waals surface area contributed by atoms with Crippen LogP contribution in [0.3, 0.4) is 0 Å². The first-order valence-corrected chi connectivity index (χ1v) is 9.03. The number of carbonyl (C=O) groups excluding carboxylic acids is 1. The zero-order valence-corrected chi connectivity index (χ0v) is 14.3. The summed E-state index contributed by atoms with van der Waals surface area (Å²) < 4.78 is 0. The molecule has 0 atom stereocenters. The van der Waals surface area contributed by atoms with Crippen LogP contribution in [0.25, 0.3) is 21.8 Å². The van der Waals surface area contributed by atoms with Crippen molar-refractivity contribution in [2.75, 3.05) is 11.4 Å². The highest BCUT2D eigenvalue weighted by Gasteiger charge is 2.21. The van der Waals surface area contributed by atoms with Crippen LogP contribution in [0.5, 0.6) is 0 Å². The molecule has 1 aromatic heterocycles. The number of benzene rings is 2. The summed E-state index contributed by atoms with van der Waals surface area (Å²) in [7, 11) is 0. The quantitative estimate of drug-likeness (QED) is 0.681. The van der Waals surface area contributed by atoms with E-state index in [0.717, 1.165) is 34.9 Å². The van der Waals surface area contributed by atoms with Gasteiger partial charge in [-0.25, -0.2) is 4.98 Å². The number of aryl methyl sites for hydroxylation is 1. The van der Waals surface area contributed by atoms with Crippen molar-refractivity contribution in [2.24, 2.45) is 0 Å². The molecule has 120 valence electrons. The van der Waals surface area contributed by atoms with Gasteiger partial charge in [0.2, 0.25) is 5.91 Å². The fourth-order valence-electron chi connectivity index (χ4n) is 3.08. The van der Waals surface area contributed by atoms with Crippen LogP contribution in [0.1, 0.15) is 18.4 Å². The standard InChI is InChI=1S/C20H18N2OS/c1-14-5-2-3-6-17(14)20-21-18(13-24-20)15-8-10-16(11-9-15)22-12-4-7-19(22)23/h2-3,5-6,8-11,13H,4,7,12H2,1H3. The Kier molecular flexibility index (Phi) is 3.90. The highest BCUT2D eigenvalue weighted by Crippen LogP contribution is 2.31. The van der Waals surface area contributed by atoms with Gasteiger partial charge in [-0.1, -0.05) is 36.4 Å². The average Bonchev–Trinajstić information content (AvgIpc) is 3.25. The maximum Gasteiger partial charge on any atom is 0.227 e. The number of nitrogens with zero attached hydrogens (tertiary/aromatic N) is 2. The van der Waals surface area contributed by atoms with Gasteiger partial charge >= 0.3 is 0 Å². The van der Waals surface area contributed by atoms with Crippen LogP contribution < -0.4 is 4.90 Å². The number of amides is 1. The maximum atomic E-state index is 11.8. The smallest absolute Gasteiger partial charge is 0.227 e. The molecule has 1 aliphatic rings. The van der Waals surface area contributed by atoms with Crippen molar-refractivity contribution in [3.05, 3.63) is 59.5 Å². The Morgan fingerprint density at radius 3 is 2.58 bits per heavy atom. The number of aromatic nitrogens is 1. The lowest BCUT2D eigenvalue weighted by Gasteiger charge is -2.15.